The first-order valence-corrected chi connectivity index (χ1v) is 11.6. The van der Waals surface area contributed by atoms with Crippen molar-refractivity contribution in [3.05, 3.63) is 84.4 Å². The number of carbonyl (C=O) groups is 1. The van der Waals surface area contributed by atoms with Crippen LogP contribution >= 0.6 is 0 Å². The van der Waals surface area contributed by atoms with Gasteiger partial charge in [-0.2, -0.15) is 0 Å². The highest BCUT2D eigenvalue weighted by atomic mass is 32.2. The van der Waals surface area contributed by atoms with E-state index in [0.717, 1.165) is 5.56 Å². The van der Waals surface area contributed by atoms with Crippen molar-refractivity contribution in [3.8, 4) is 5.75 Å². The van der Waals surface area contributed by atoms with Gasteiger partial charge in [-0.05, 0) is 49.2 Å². The molecule has 6 nitrogen and oxygen atoms in total. The molecule has 0 spiro atoms. The summed E-state index contributed by atoms with van der Waals surface area (Å²) in [6.07, 6.45) is 0.634. The van der Waals surface area contributed by atoms with Crippen LogP contribution in [-0.4, -0.2) is 27.5 Å². The van der Waals surface area contributed by atoms with E-state index in [9.17, 15) is 13.2 Å². The molecule has 3 rings (SSSR count). The third-order valence-electron chi connectivity index (χ3n) is 4.69. The Morgan fingerprint density at radius 2 is 1.65 bits per heavy atom. The third-order valence-corrected chi connectivity index (χ3v) is 6.46. The molecule has 0 aromatic heterocycles. The number of ether oxygens (including phenoxy) is 1. The second-order valence-corrected chi connectivity index (χ2v) is 8.68. The third kappa shape index (κ3) is 5.44. The summed E-state index contributed by atoms with van der Waals surface area (Å²) in [6, 6.07) is 22.4. The lowest BCUT2D eigenvalue weighted by Gasteiger charge is -2.26. The summed E-state index contributed by atoms with van der Waals surface area (Å²) >= 11 is 0. The molecule has 7 heteroatoms. The average molecular weight is 439 g/mol. The first kappa shape index (κ1) is 22.4. The van der Waals surface area contributed by atoms with E-state index in [-0.39, 0.29) is 11.4 Å². The molecule has 0 aliphatic rings. The maximum Gasteiger partial charge on any atom is 0.264 e. The summed E-state index contributed by atoms with van der Waals surface area (Å²) in [5.41, 5.74) is 1.87. The lowest BCUT2D eigenvalue weighted by molar-refractivity contribution is -0.114. The van der Waals surface area contributed by atoms with Gasteiger partial charge in [0.25, 0.3) is 10.0 Å². The first-order valence-electron chi connectivity index (χ1n) is 10.1. The van der Waals surface area contributed by atoms with Crippen molar-refractivity contribution in [3.63, 3.8) is 0 Å². The van der Waals surface area contributed by atoms with Gasteiger partial charge in [-0.1, -0.05) is 49.4 Å². The molecule has 0 saturated carbocycles. The Kier molecular flexibility index (Phi) is 7.31. The van der Waals surface area contributed by atoms with Crippen molar-refractivity contribution in [2.24, 2.45) is 0 Å². The van der Waals surface area contributed by atoms with Gasteiger partial charge in [0, 0.05) is 11.8 Å². The average Bonchev–Trinajstić information content (AvgIpc) is 2.78. The number of para-hydroxylation sites is 1. The van der Waals surface area contributed by atoms with Crippen LogP contribution in [0.1, 0.15) is 19.4 Å². The molecule has 1 N–H and O–H groups in total. The second kappa shape index (κ2) is 10.1. The zero-order chi connectivity index (χ0) is 22.3. The number of rotatable bonds is 9. The van der Waals surface area contributed by atoms with E-state index in [2.05, 4.69) is 5.32 Å². The lowest BCUT2D eigenvalue weighted by Crippen LogP contribution is -2.38. The summed E-state index contributed by atoms with van der Waals surface area (Å²) in [5, 5.41) is 2.78. The van der Waals surface area contributed by atoms with Crippen molar-refractivity contribution < 1.29 is 17.9 Å². The zero-order valence-corrected chi connectivity index (χ0v) is 18.4. The van der Waals surface area contributed by atoms with E-state index in [0.29, 0.717) is 30.2 Å². The molecule has 0 saturated heterocycles. The van der Waals surface area contributed by atoms with Crippen LogP contribution in [0.5, 0.6) is 5.75 Å². The smallest absolute Gasteiger partial charge is 0.264 e. The molecule has 1 amide bonds. The number of carbonyl (C=O) groups excluding carboxylic acids is 1. The van der Waals surface area contributed by atoms with Crippen molar-refractivity contribution in [2.45, 2.75) is 25.2 Å². The Hall–Kier alpha value is -3.32. The molecule has 31 heavy (non-hydrogen) atoms. The number of hydrogen-bond donors (Lipinski definition) is 1. The summed E-state index contributed by atoms with van der Waals surface area (Å²) in [6.45, 7) is 3.98. The topological polar surface area (TPSA) is 75.7 Å². The quantitative estimate of drug-likeness (QED) is 0.534. The largest absolute Gasteiger partial charge is 0.494 e. The van der Waals surface area contributed by atoms with Crippen LogP contribution in [0.25, 0.3) is 0 Å². The molecule has 0 atom stereocenters. The summed E-state index contributed by atoms with van der Waals surface area (Å²) < 4.78 is 33.5. The first-order chi connectivity index (χ1) is 15.0. The molecular weight excluding hydrogens is 412 g/mol. The van der Waals surface area contributed by atoms with E-state index >= 15 is 0 Å². The number of aryl methyl sites for hydroxylation is 1. The number of nitrogens with one attached hydrogen (secondary N) is 1. The normalized spacial score (nSPS) is 11.0. The summed E-state index contributed by atoms with van der Waals surface area (Å²) in [5.74, 6) is 0.185. The molecule has 0 aliphatic heterocycles. The van der Waals surface area contributed by atoms with Gasteiger partial charge in [0.15, 0.2) is 0 Å². The number of anilines is 2. The molecular formula is C24H26N2O4S. The molecule has 162 valence electrons. The van der Waals surface area contributed by atoms with Gasteiger partial charge in [-0.25, -0.2) is 8.42 Å². The molecule has 0 bridgehead atoms. The molecule has 0 heterocycles. The fraction of sp³-hybridized carbons (Fsp3) is 0.208. The van der Waals surface area contributed by atoms with Crippen LogP contribution in [0.3, 0.4) is 0 Å². The Balaban J connectivity index is 1.94. The van der Waals surface area contributed by atoms with E-state index in [1.54, 1.807) is 54.6 Å². The maximum atomic E-state index is 13.5. The number of hydrogen-bond acceptors (Lipinski definition) is 4. The second-order valence-electron chi connectivity index (χ2n) is 6.82. The van der Waals surface area contributed by atoms with Gasteiger partial charge in [0.1, 0.15) is 12.3 Å². The minimum absolute atomic E-state index is 0.132. The Morgan fingerprint density at radius 3 is 2.35 bits per heavy atom. The van der Waals surface area contributed by atoms with Gasteiger partial charge < -0.3 is 10.1 Å². The van der Waals surface area contributed by atoms with Crippen LogP contribution in [0.15, 0.2) is 83.8 Å². The Labute approximate surface area is 183 Å². The Morgan fingerprint density at radius 1 is 0.935 bits per heavy atom. The molecule has 0 unspecified atom stereocenters. The Bertz CT molecular complexity index is 1130. The molecule has 3 aromatic rings. The van der Waals surface area contributed by atoms with Crippen LogP contribution in [0, 0.1) is 0 Å². The predicted molar refractivity (Wildman–Crippen MR) is 123 cm³/mol. The standard InChI is InChI=1S/C24H26N2O4S/c1-3-19-11-8-9-16-23(19)26(31(28,29)22-14-6-5-7-15-22)18-24(27)25-20-12-10-13-21(17-20)30-4-2/h5-17H,3-4,18H2,1-2H3,(H,25,27). The maximum absolute atomic E-state index is 13.5. The molecule has 3 aromatic carbocycles. The van der Waals surface area contributed by atoms with Crippen molar-refractivity contribution in [2.75, 3.05) is 22.8 Å². The van der Waals surface area contributed by atoms with Gasteiger partial charge in [-0.15, -0.1) is 0 Å². The highest BCUT2D eigenvalue weighted by molar-refractivity contribution is 7.92. The van der Waals surface area contributed by atoms with Crippen LogP contribution < -0.4 is 14.4 Å². The van der Waals surface area contributed by atoms with Crippen LogP contribution in [0.2, 0.25) is 0 Å². The van der Waals surface area contributed by atoms with Gasteiger partial charge >= 0.3 is 0 Å². The highest BCUT2D eigenvalue weighted by Gasteiger charge is 2.28. The van der Waals surface area contributed by atoms with Crippen LogP contribution in [0.4, 0.5) is 11.4 Å². The lowest BCUT2D eigenvalue weighted by atomic mass is 10.1. The zero-order valence-electron chi connectivity index (χ0n) is 17.6. The minimum atomic E-state index is -3.94. The van der Waals surface area contributed by atoms with E-state index in [1.165, 1.54) is 16.4 Å². The van der Waals surface area contributed by atoms with Gasteiger partial charge in [0.05, 0.1) is 17.2 Å². The van der Waals surface area contributed by atoms with Gasteiger partial charge in [0.2, 0.25) is 5.91 Å². The van der Waals surface area contributed by atoms with E-state index in [4.69, 9.17) is 4.74 Å². The van der Waals surface area contributed by atoms with Crippen LogP contribution in [-0.2, 0) is 21.2 Å². The van der Waals surface area contributed by atoms with Crippen molar-refractivity contribution in [1.82, 2.24) is 0 Å². The molecule has 0 fully saturated rings. The fourth-order valence-electron chi connectivity index (χ4n) is 3.23. The minimum Gasteiger partial charge on any atom is -0.494 e. The number of amides is 1. The molecule has 0 radical (unpaired) electrons. The van der Waals surface area contributed by atoms with Gasteiger partial charge in [-0.3, -0.25) is 9.10 Å². The monoisotopic (exact) mass is 438 g/mol. The highest BCUT2D eigenvalue weighted by Crippen LogP contribution is 2.27. The van der Waals surface area contributed by atoms with E-state index < -0.39 is 15.9 Å². The number of sulfonamides is 1. The summed E-state index contributed by atoms with van der Waals surface area (Å²) in [7, 11) is -3.94. The number of nitrogens with zero attached hydrogens (tertiary/aromatic N) is 1. The molecule has 0 aliphatic carbocycles. The predicted octanol–water partition coefficient (Wildman–Crippen LogP) is 4.48. The SMILES string of the molecule is CCOc1cccc(NC(=O)CN(c2ccccc2CC)S(=O)(=O)c2ccccc2)c1. The summed E-state index contributed by atoms with van der Waals surface area (Å²) in [4.78, 5) is 13.0. The fourth-order valence-corrected chi connectivity index (χ4v) is 4.71. The van der Waals surface area contributed by atoms with E-state index in [1.807, 2.05) is 26.0 Å². The van der Waals surface area contributed by atoms with Crippen molar-refractivity contribution >= 4 is 27.3 Å². The number of benzene rings is 3. The van der Waals surface area contributed by atoms with Crippen molar-refractivity contribution in [1.29, 1.82) is 0 Å².